The second-order valence-electron chi connectivity index (χ2n) is 2.02. The maximum Gasteiger partial charge on any atom is 0.265 e. The minimum atomic E-state index is -0.303. The summed E-state index contributed by atoms with van der Waals surface area (Å²) < 4.78 is 0. The van der Waals surface area contributed by atoms with Crippen molar-refractivity contribution in [2.45, 2.75) is 0 Å². The summed E-state index contributed by atoms with van der Waals surface area (Å²) in [5.74, 6) is 4.58. The first-order valence-corrected chi connectivity index (χ1v) is 4.04. The third-order valence-corrected chi connectivity index (χ3v) is 1.35. The Morgan fingerprint density at radius 1 is 1.64 bits per heavy atom. The summed E-state index contributed by atoms with van der Waals surface area (Å²) in [6.07, 6.45) is 3.06. The monoisotopic (exact) mass is 210 g/mol. The van der Waals surface area contributed by atoms with E-state index in [1.54, 1.807) is 19.2 Å². The second-order valence-corrected chi connectivity index (χ2v) is 2.21. The van der Waals surface area contributed by atoms with Crippen LogP contribution in [0, 0.1) is 0 Å². The molecular weight excluding hydrogens is 200 g/mol. The van der Waals surface area contributed by atoms with Gasteiger partial charge in [-0.05, 0) is 24.4 Å². The number of thiocarbonyl (C=S) groups is 1. The Morgan fingerprint density at radius 3 is 2.50 bits per heavy atom. The lowest BCUT2D eigenvalue weighted by molar-refractivity contribution is 0.0953. The van der Waals surface area contributed by atoms with E-state index in [0.717, 1.165) is 0 Å². The number of hydrogen-bond donors (Lipinski definition) is 2. The van der Waals surface area contributed by atoms with E-state index >= 15 is 0 Å². The summed E-state index contributed by atoms with van der Waals surface area (Å²) in [6.45, 7) is 0. The van der Waals surface area contributed by atoms with Crippen LogP contribution < -0.4 is 11.3 Å². The Kier molecular flexibility index (Phi) is 7.07. The molecule has 0 aromatic carbocycles. The SMILES string of the molecule is CN=C=S.NNC(=O)c1ccncc1. The van der Waals surface area contributed by atoms with Crippen LogP contribution in [0.15, 0.2) is 29.5 Å². The largest absolute Gasteiger partial charge is 0.290 e. The third kappa shape index (κ3) is 5.10. The van der Waals surface area contributed by atoms with Gasteiger partial charge in [-0.2, -0.15) is 0 Å². The quantitative estimate of drug-likeness (QED) is 0.231. The van der Waals surface area contributed by atoms with E-state index in [1.165, 1.54) is 12.4 Å². The number of nitrogens with one attached hydrogen (secondary N) is 1. The Bertz CT molecular complexity index is 321. The van der Waals surface area contributed by atoms with Gasteiger partial charge in [0.15, 0.2) is 0 Å². The van der Waals surface area contributed by atoms with Crippen molar-refractivity contribution >= 4 is 23.3 Å². The van der Waals surface area contributed by atoms with Gasteiger partial charge in [0, 0.05) is 25.0 Å². The molecule has 0 aliphatic heterocycles. The lowest BCUT2D eigenvalue weighted by atomic mass is 10.3. The van der Waals surface area contributed by atoms with E-state index in [1.807, 2.05) is 5.43 Å². The normalized spacial score (nSPS) is 7.57. The Morgan fingerprint density at radius 2 is 2.14 bits per heavy atom. The molecule has 6 heteroatoms. The Balaban J connectivity index is 0.000000364. The summed E-state index contributed by atoms with van der Waals surface area (Å²) in [4.78, 5) is 17.8. The number of hydrazine groups is 1. The van der Waals surface area contributed by atoms with E-state index in [-0.39, 0.29) is 5.91 Å². The number of aliphatic imine (C=N–C) groups is 1. The highest BCUT2D eigenvalue weighted by Crippen LogP contribution is 1.93. The van der Waals surface area contributed by atoms with Crippen molar-refractivity contribution in [3.8, 4) is 0 Å². The predicted octanol–water partition coefficient (Wildman–Crippen LogP) is 0.404. The first kappa shape index (κ1) is 12.4. The summed E-state index contributed by atoms with van der Waals surface area (Å²) in [7, 11) is 1.59. The Labute approximate surface area is 87.0 Å². The van der Waals surface area contributed by atoms with Gasteiger partial charge in [-0.1, -0.05) is 0 Å². The molecule has 1 heterocycles. The van der Waals surface area contributed by atoms with Crippen LogP contribution >= 0.6 is 12.2 Å². The standard InChI is InChI=1S/C6H7N3O.C2H3NS/c7-9-6(10)5-1-3-8-4-2-5;1-3-2-4/h1-4H,7H2,(H,9,10);1H3. The number of pyridine rings is 1. The fourth-order valence-electron chi connectivity index (χ4n) is 0.587. The van der Waals surface area contributed by atoms with Gasteiger partial charge in [-0.3, -0.25) is 15.2 Å². The zero-order valence-corrected chi connectivity index (χ0v) is 8.41. The average Bonchev–Trinajstić information content (AvgIpc) is 2.29. The first-order valence-electron chi connectivity index (χ1n) is 3.63. The van der Waals surface area contributed by atoms with Gasteiger partial charge in [-0.25, -0.2) is 10.8 Å². The van der Waals surface area contributed by atoms with Crippen LogP contribution in [0.4, 0.5) is 0 Å². The zero-order chi connectivity index (χ0) is 10.8. The van der Waals surface area contributed by atoms with E-state index in [2.05, 4.69) is 27.4 Å². The zero-order valence-electron chi connectivity index (χ0n) is 7.60. The molecule has 0 unspecified atom stereocenters. The van der Waals surface area contributed by atoms with Crippen molar-refractivity contribution in [1.82, 2.24) is 10.4 Å². The lowest BCUT2D eigenvalue weighted by Crippen LogP contribution is -2.29. The molecule has 1 amide bonds. The van der Waals surface area contributed by atoms with Crippen LogP contribution in [0.25, 0.3) is 0 Å². The maximum atomic E-state index is 10.7. The number of hydrogen-bond acceptors (Lipinski definition) is 5. The number of amides is 1. The molecule has 5 nitrogen and oxygen atoms in total. The highest BCUT2D eigenvalue weighted by molar-refractivity contribution is 7.78. The number of carbonyl (C=O) groups excluding carboxylic acids is 1. The fraction of sp³-hybridized carbons (Fsp3) is 0.125. The van der Waals surface area contributed by atoms with Crippen LogP contribution in [0.2, 0.25) is 0 Å². The number of rotatable bonds is 1. The van der Waals surface area contributed by atoms with E-state index in [9.17, 15) is 4.79 Å². The molecular formula is C8H10N4OS. The number of nitrogens with zero attached hydrogens (tertiary/aromatic N) is 2. The summed E-state index contributed by atoms with van der Waals surface area (Å²) >= 11 is 4.14. The van der Waals surface area contributed by atoms with Crippen LogP contribution in [0.5, 0.6) is 0 Å². The average molecular weight is 210 g/mol. The van der Waals surface area contributed by atoms with Crippen molar-refractivity contribution in [2.75, 3.05) is 7.05 Å². The molecule has 1 aromatic rings. The van der Waals surface area contributed by atoms with Crippen molar-refractivity contribution in [3.63, 3.8) is 0 Å². The van der Waals surface area contributed by atoms with E-state index in [0.29, 0.717) is 5.56 Å². The maximum absolute atomic E-state index is 10.7. The van der Waals surface area contributed by atoms with E-state index in [4.69, 9.17) is 5.84 Å². The van der Waals surface area contributed by atoms with Crippen molar-refractivity contribution in [3.05, 3.63) is 30.1 Å². The van der Waals surface area contributed by atoms with Gasteiger partial charge in [0.1, 0.15) is 0 Å². The smallest absolute Gasteiger partial charge is 0.265 e. The molecule has 14 heavy (non-hydrogen) atoms. The number of nitrogens with two attached hydrogens (primary N) is 1. The molecule has 0 aliphatic rings. The minimum absolute atomic E-state index is 0.303. The summed E-state index contributed by atoms with van der Waals surface area (Å²) in [5, 5.41) is 2.14. The van der Waals surface area contributed by atoms with Crippen molar-refractivity contribution in [2.24, 2.45) is 10.8 Å². The van der Waals surface area contributed by atoms with Gasteiger partial charge in [0.2, 0.25) is 0 Å². The number of aromatic nitrogens is 1. The van der Waals surface area contributed by atoms with Crippen molar-refractivity contribution in [1.29, 1.82) is 0 Å². The minimum Gasteiger partial charge on any atom is -0.290 e. The number of isothiocyanates is 1. The van der Waals surface area contributed by atoms with Crippen LogP contribution in [0.1, 0.15) is 10.4 Å². The van der Waals surface area contributed by atoms with E-state index < -0.39 is 0 Å². The van der Waals surface area contributed by atoms with Crippen molar-refractivity contribution < 1.29 is 4.79 Å². The molecule has 1 rings (SSSR count). The topological polar surface area (TPSA) is 80.4 Å². The second kappa shape index (κ2) is 8.00. The molecule has 0 atom stereocenters. The van der Waals surface area contributed by atoms with Gasteiger partial charge in [0.25, 0.3) is 5.91 Å². The van der Waals surface area contributed by atoms with Gasteiger partial charge < -0.3 is 0 Å². The van der Waals surface area contributed by atoms with Crippen LogP contribution in [-0.2, 0) is 0 Å². The molecule has 0 fully saturated rings. The summed E-state index contributed by atoms with van der Waals surface area (Å²) in [5.41, 5.74) is 2.53. The fourth-order valence-corrected chi connectivity index (χ4v) is 0.587. The first-order chi connectivity index (χ1) is 6.76. The highest BCUT2D eigenvalue weighted by Gasteiger charge is 1.98. The highest BCUT2D eigenvalue weighted by atomic mass is 32.1. The molecule has 0 aliphatic carbocycles. The van der Waals surface area contributed by atoms with Gasteiger partial charge in [0.05, 0.1) is 5.16 Å². The van der Waals surface area contributed by atoms with Gasteiger partial charge in [-0.15, -0.1) is 0 Å². The predicted molar refractivity (Wildman–Crippen MR) is 56.8 cm³/mol. The molecule has 74 valence electrons. The molecule has 1 aromatic heterocycles. The molecule has 0 saturated carbocycles. The molecule has 0 spiro atoms. The Hall–Kier alpha value is -1.62. The lowest BCUT2D eigenvalue weighted by Gasteiger charge is -1.95. The molecule has 0 saturated heterocycles. The molecule has 3 N–H and O–H groups in total. The number of nitrogen functional groups attached to an aromatic ring is 1. The van der Waals surface area contributed by atoms with Crippen LogP contribution in [-0.4, -0.2) is 23.1 Å². The molecule has 0 radical (unpaired) electrons. The molecule has 0 bridgehead atoms. The van der Waals surface area contributed by atoms with Crippen LogP contribution in [0.3, 0.4) is 0 Å². The van der Waals surface area contributed by atoms with Gasteiger partial charge >= 0.3 is 0 Å². The number of carbonyl (C=O) groups is 1. The third-order valence-electron chi connectivity index (χ3n) is 1.16. The summed E-state index contributed by atoms with van der Waals surface area (Å²) in [6, 6.07) is 3.17.